The molecule has 0 bridgehead atoms. The van der Waals surface area contributed by atoms with Crippen LogP contribution in [0.2, 0.25) is 0 Å². The van der Waals surface area contributed by atoms with Gasteiger partial charge in [-0.15, -0.1) is 0 Å². The van der Waals surface area contributed by atoms with Gasteiger partial charge < -0.3 is 10.5 Å². The Labute approximate surface area is 109 Å². The first-order valence-corrected chi connectivity index (χ1v) is 6.35. The summed E-state index contributed by atoms with van der Waals surface area (Å²) in [6.45, 7) is 1.01. The smallest absolute Gasteiger partial charge is 0.127 e. The first-order chi connectivity index (χ1) is 8.35. The van der Waals surface area contributed by atoms with Crippen LogP contribution in [-0.2, 0) is 0 Å². The fourth-order valence-corrected chi connectivity index (χ4v) is 1.95. The van der Waals surface area contributed by atoms with Crippen molar-refractivity contribution in [1.82, 2.24) is 0 Å². The van der Waals surface area contributed by atoms with Gasteiger partial charge >= 0.3 is 0 Å². The average molecular weight is 292 g/mol. The highest BCUT2D eigenvalue weighted by Crippen LogP contribution is 2.25. The van der Waals surface area contributed by atoms with Gasteiger partial charge in [0.2, 0.25) is 0 Å². The van der Waals surface area contributed by atoms with E-state index in [0.717, 1.165) is 16.7 Å². The topological polar surface area (TPSA) is 35.2 Å². The van der Waals surface area contributed by atoms with Gasteiger partial charge in [-0.25, -0.2) is 0 Å². The van der Waals surface area contributed by atoms with Crippen LogP contribution in [-0.4, -0.2) is 13.2 Å². The SMILES string of the molecule is NC/C(=C\Br)COc1cccc2ccccc12. The monoisotopic (exact) mass is 291 g/mol. The van der Waals surface area contributed by atoms with E-state index < -0.39 is 0 Å². The lowest BCUT2D eigenvalue weighted by Crippen LogP contribution is -2.10. The summed E-state index contributed by atoms with van der Waals surface area (Å²) in [5.74, 6) is 0.892. The molecule has 0 fully saturated rings. The van der Waals surface area contributed by atoms with Crippen LogP contribution in [0.25, 0.3) is 10.8 Å². The van der Waals surface area contributed by atoms with Gasteiger partial charge in [-0.3, -0.25) is 0 Å². The third-order valence-electron chi connectivity index (χ3n) is 2.58. The Morgan fingerprint density at radius 2 is 1.94 bits per heavy atom. The minimum absolute atomic E-state index is 0.496. The molecule has 0 heterocycles. The third kappa shape index (κ3) is 2.87. The average Bonchev–Trinajstić information content (AvgIpc) is 2.40. The number of hydrogen-bond donors (Lipinski definition) is 1. The molecular formula is C14H14BrNO. The maximum absolute atomic E-state index is 5.78. The zero-order valence-electron chi connectivity index (χ0n) is 9.40. The van der Waals surface area contributed by atoms with Crippen LogP contribution in [0.5, 0.6) is 5.75 Å². The van der Waals surface area contributed by atoms with E-state index in [9.17, 15) is 0 Å². The molecule has 0 aliphatic rings. The normalized spacial score (nSPS) is 11.8. The van der Waals surface area contributed by atoms with Crippen molar-refractivity contribution in [3.8, 4) is 5.75 Å². The molecule has 2 aromatic rings. The van der Waals surface area contributed by atoms with Crippen LogP contribution in [0.3, 0.4) is 0 Å². The van der Waals surface area contributed by atoms with E-state index in [1.54, 1.807) is 0 Å². The maximum Gasteiger partial charge on any atom is 0.127 e. The highest BCUT2D eigenvalue weighted by Gasteiger charge is 2.02. The molecule has 0 saturated carbocycles. The number of hydrogen-bond acceptors (Lipinski definition) is 2. The quantitative estimate of drug-likeness (QED) is 0.936. The molecule has 2 nitrogen and oxygen atoms in total. The van der Waals surface area contributed by atoms with Crippen LogP contribution < -0.4 is 10.5 Å². The van der Waals surface area contributed by atoms with Gasteiger partial charge in [-0.2, -0.15) is 0 Å². The van der Waals surface area contributed by atoms with E-state index in [0.29, 0.717) is 13.2 Å². The van der Waals surface area contributed by atoms with Crippen molar-refractivity contribution in [3.63, 3.8) is 0 Å². The molecule has 0 aromatic heterocycles. The molecule has 0 aliphatic carbocycles. The summed E-state index contributed by atoms with van der Waals surface area (Å²) in [4.78, 5) is 1.82. The molecule has 3 heteroatoms. The van der Waals surface area contributed by atoms with E-state index in [1.807, 2.05) is 29.3 Å². The molecule has 0 radical (unpaired) electrons. The van der Waals surface area contributed by atoms with Gasteiger partial charge in [0.15, 0.2) is 0 Å². The number of fused-ring (bicyclic) bond motifs is 1. The third-order valence-corrected chi connectivity index (χ3v) is 3.23. The van der Waals surface area contributed by atoms with E-state index >= 15 is 0 Å². The molecule has 0 spiro atoms. The molecule has 0 unspecified atom stereocenters. The first-order valence-electron chi connectivity index (χ1n) is 5.44. The van der Waals surface area contributed by atoms with E-state index in [-0.39, 0.29) is 0 Å². The number of ether oxygens (including phenoxy) is 1. The van der Waals surface area contributed by atoms with Gasteiger partial charge in [-0.05, 0) is 22.0 Å². The van der Waals surface area contributed by atoms with Crippen LogP contribution >= 0.6 is 15.9 Å². The van der Waals surface area contributed by atoms with E-state index in [1.165, 1.54) is 5.39 Å². The molecule has 17 heavy (non-hydrogen) atoms. The van der Waals surface area contributed by atoms with Crippen molar-refractivity contribution in [2.75, 3.05) is 13.2 Å². The van der Waals surface area contributed by atoms with E-state index in [2.05, 4.69) is 34.1 Å². The summed E-state index contributed by atoms with van der Waals surface area (Å²) in [6.07, 6.45) is 0. The zero-order chi connectivity index (χ0) is 12.1. The zero-order valence-corrected chi connectivity index (χ0v) is 11.0. The minimum atomic E-state index is 0.496. The van der Waals surface area contributed by atoms with Crippen molar-refractivity contribution in [2.45, 2.75) is 0 Å². The Hall–Kier alpha value is -1.32. The first kappa shape index (κ1) is 12.1. The molecule has 0 atom stereocenters. The summed E-state index contributed by atoms with van der Waals surface area (Å²) in [7, 11) is 0. The second-order valence-electron chi connectivity index (χ2n) is 3.74. The van der Waals surface area contributed by atoms with Gasteiger partial charge in [-0.1, -0.05) is 52.3 Å². The van der Waals surface area contributed by atoms with Gasteiger partial charge in [0, 0.05) is 11.9 Å². The number of nitrogens with two attached hydrogens (primary N) is 1. The number of benzene rings is 2. The van der Waals surface area contributed by atoms with Crippen molar-refractivity contribution in [2.24, 2.45) is 5.73 Å². The molecule has 0 aliphatic heterocycles. The van der Waals surface area contributed by atoms with Gasteiger partial charge in [0.1, 0.15) is 12.4 Å². The summed E-state index contributed by atoms with van der Waals surface area (Å²) < 4.78 is 5.78. The predicted octanol–water partition coefficient (Wildman–Crippen LogP) is 3.46. The van der Waals surface area contributed by atoms with Crippen molar-refractivity contribution >= 4 is 26.7 Å². The molecule has 0 saturated heterocycles. The Morgan fingerprint density at radius 1 is 1.18 bits per heavy atom. The fourth-order valence-electron chi connectivity index (χ4n) is 1.63. The summed E-state index contributed by atoms with van der Waals surface area (Å²) in [5, 5.41) is 2.31. The second kappa shape index (κ2) is 5.84. The van der Waals surface area contributed by atoms with Crippen molar-refractivity contribution < 1.29 is 4.74 Å². The predicted molar refractivity (Wildman–Crippen MR) is 75.5 cm³/mol. The summed E-state index contributed by atoms with van der Waals surface area (Å²) in [5.41, 5.74) is 6.61. The van der Waals surface area contributed by atoms with Crippen LogP contribution in [0.4, 0.5) is 0 Å². The van der Waals surface area contributed by atoms with Gasteiger partial charge in [0.25, 0.3) is 0 Å². The van der Waals surface area contributed by atoms with E-state index in [4.69, 9.17) is 10.5 Å². The number of rotatable bonds is 4. The minimum Gasteiger partial charge on any atom is -0.489 e. The highest BCUT2D eigenvalue weighted by atomic mass is 79.9. The maximum atomic E-state index is 5.78. The Morgan fingerprint density at radius 3 is 2.71 bits per heavy atom. The standard InChI is InChI=1S/C14H14BrNO/c15-8-11(9-16)10-17-14-7-3-5-12-4-1-2-6-13(12)14/h1-8H,9-10,16H2/b11-8+. The lowest BCUT2D eigenvalue weighted by atomic mass is 10.1. The van der Waals surface area contributed by atoms with Crippen LogP contribution in [0.1, 0.15) is 0 Å². The molecule has 0 amide bonds. The van der Waals surface area contributed by atoms with Crippen molar-refractivity contribution in [1.29, 1.82) is 0 Å². The Kier molecular flexibility index (Phi) is 4.18. The Bertz CT molecular complexity index is 531. The lowest BCUT2D eigenvalue weighted by molar-refractivity contribution is 0.355. The molecular weight excluding hydrogens is 278 g/mol. The molecule has 2 aromatic carbocycles. The van der Waals surface area contributed by atoms with Crippen LogP contribution in [0, 0.1) is 0 Å². The molecule has 2 rings (SSSR count). The summed E-state index contributed by atoms with van der Waals surface area (Å²) >= 11 is 3.28. The number of halogens is 1. The second-order valence-corrected chi connectivity index (χ2v) is 4.20. The molecule has 2 N–H and O–H groups in total. The van der Waals surface area contributed by atoms with Crippen molar-refractivity contribution in [3.05, 3.63) is 53.0 Å². The molecule has 88 valence electrons. The summed E-state index contributed by atoms with van der Waals surface area (Å²) in [6, 6.07) is 14.2. The van der Waals surface area contributed by atoms with Gasteiger partial charge in [0.05, 0.1) is 0 Å². The largest absolute Gasteiger partial charge is 0.489 e. The lowest BCUT2D eigenvalue weighted by Gasteiger charge is -2.10. The fraction of sp³-hybridized carbons (Fsp3) is 0.143. The highest BCUT2D eigenvalue weighted by molar-refractivity contribution is 9.11. The Balaban J connectivity index is 2.24. The van der Waals surface area contributed by atoms with Crippen LogP contribution in [0.15, 0.2) is 53.0 Å².